The largest absolute Gasteiger partial charge is 0.497 e. The summed E-state index contributed by atoms with van der Waals surface area (Å²) in [6.07, 6.45) is 2.47. The van der Waals surface area contributed by atoms with Gasteiger partial charge in [0.05, 0.1) is 14.2 Å². The Balaban J connectivity index is 1.53. The van der Waals surface area contributed by atoms with Crippen LogP contribution in [0.2, 0.25) is 0 Å². The fourth-order valence-corrected chi connectivity index (χ4v) is 4.05. The van der Waals surface area contributed by atoms with Gasteiger partial charge in [0.2, 0.25) is 0 Å². The standard InChI is InChI=1S/C28H28N2O4/c1-28(2)17-20-10-13-23(34-4)15-24(20)25(30-28)16-26(31)18-8-11-21(12-9-18)29-27(32)19-6-5-7-22(14-19)33-3/h5-16,30H,17H2,1-4H3,(H,29,32). The van der Waals surface area contributed by atoms with Crippen molar-refractivity contribution in [2.45, 2.75) is 25.8 Å². The molecule has 1 aliphatic rings. The molecule has 6 nitrogen and oxygen atoms in total. The Morgan fingerprint density at radius 3 is 2.32 bits per heavy atom. The second-order valence-corrected chi connectivity index (χ2v) is 8.89. The van der Waals surface area contributed by atoms with E-state index in [4.69, 9.17) is 9.47 Å². The van der Waals surface area contributed by atoms with Crippen LogP contribution in [-0.2, 0) is 6.42 Å². The average molecular weight is 457 g/mol. The van der Waals surface area contributed by atoms with Gasteiger partial charge in [0.1, 0.15) is 11.5 Å². The molecule has 0 bridgehead atoms. The normalized spacial score (nSPS) is 15.1. The average Bonchev–Trinajstić information content (AvgIpc) is 2.83. The lowest BCUT2D eigenvalue weighted by molar-refractivity contribution is 0.102. The third kappa shape index (κ3) is 5.12. The number of allylic oxidation sites excluding steroid dienone is 1. The number of ether oxygens (including phenoxy) is 2. The summed E-state index contributed by atoms with van der Waals surface area (Å²) in [5.41, 5.74) is 4.34. The highest BCUT2D eigenvalue weighted by molar-refractivity contribution is 6.09. The quantitative estimate of drug-likeness (QED) is 0.398. The second-order valence-electron chi connectivity index (χ2n) is 8.89. The molecule has 0 atom stereocenters. The van der Waals surface area contributed by atoms with Crippen LogP contribution in [0.1, 0.15) is 45.7 Å². The minimum Gasteiger partial charge on any atom is -0.497 e. The van der Waals surface area contributed by atoms with Gasteiger partial charge in [-0.3, -0.25) is 9.59 Å². The number of carbonyl (C=O) groups is 2. The third-order valence-corrected chi connectivity index (χ3v) is 5.75. The van der Waals surface area contributed by atoms with Crippen LogP contribution in [0, 0.1) is 0 Å². The number of methoxy groups -OCH3 is 2. The Labute approximate surface area is 199 Å². The number of ketones is 1. The monoisotopic (exact) mass is 456 g/mol. The molecule has 1 heterocycles. The van der Waals surface area contributed by atoms with Gasteiger partial charge in [-0.05, 0) is 80.4 Å². The maximum absolute atomic E-state index is 13.1. The van der Waals surface area contributed by atoms with Gasteiger partial charge in [0, 0.05) is 39.7 Å². The van der Waals surface area contributed by atoms with Crippen molar-refractivity contribution < 1.29 is 19.1 Å². The first kappa shape index (κ1) is 23.1. The molecule has 6 heteroatoms. The fraction of sp³-hybridized carbons (Fsp3) is 0.214. The first-order valence-electron chi connectivity index (χ1n) is 11.0. The number of anilines is 1. The van der Waals surface area contributed by atoms with Crippen LogP contribution in [0.15, 0.2) is 72.8 Å². The summed E-state index contributed by atoms with van der Waals surface area (Å²) in [6.45, 7) is 4.22. The van der Waals surface area contributed by atoms with Crippen molar-refractivity contribution in [2.75, 3.05) is 19.5 Å². The van der Waals surface area contributed by atoms with Gasteiger partial charge in [0.25, 0.3) is 5.91 Å². The van der Waals surface area contributed by atoms with Crippen molar-refractivity contribution in [1.82, 2.24) is 5.32 Å². The van der Waals surface area contributed by atoms with Gasteiger partial charge in [-0.2, -0.15) is 0 Å². The smallest absolute Gasteiger partial charge is 0.255 e. The van der Waals surface area contributed by atoms with E-state index >= 15 is 0 Å². The molecule has 0 aliphatic carbocycles. The van der Waals surface area contributed by atoms with Crippen LogP contribution >= 0.6 is 0 Å². The topological polar surface area (TPSA) is 76.7 Å². The van der Waals surface area contributed by atoms with E-state index in [2.05, 4.69) is 30.5 Å². The van der Waals surface area contributed by atoms with E-state index in [1.807, 2.05) is 12.1 Å². The van der Waals surface area contributed by atoms with Gasteiger partial charge < -0.3 is 20.1 Å². The summed E-state index contributed by atoms with van der Waals surface area (Å²) >= 11 is 0. The maximum atomic E-state index is 13.1. The molecule has 0 unspecified atom stereocenters. The number of nitrogens with one attached hydrogen (secondary N) is 2. The van der Waals surface area contributed by atoms with E-state index in [0.717, 1.165) is 23.4 Å². The molecular weight excluding hydrogens is 428 g/mol. The van der Waals surface area contributed by atoms with E-state index in [-0.39, 0.29) is 17.2 Å². The van der Waals surface area contributed by atoms with Crippen LogP contribution in [0.25, 0.3) is 5.70 Å². The molecule has 1 amide bonds. The van der Waals surface area contributed by atoms with Gasteiger partial charge in [0.15, 0.2) is 5.78 Å². The zero-order chi connectivity index (χ0) is 24.3. The van der Waals surface area contributed by atoms with Crippen molar-refractivity contribution >= 4 is 23.1 Å². The summed E-state index contributed by atoms with van der Waals surface area (Å²) in [7, 11) is 3.19. The third-order valence-electron chi connectivity index (χ3n) is 5.75. The molecule has 3 aromatic rings. The summed E-state index contributed by atoms with van der Waals surface area (Å²) < 4.78 is 10.6. The predicted octanol–water partition coefficient (Wildman–Crippen LogP) is 5.10. The number of amides is 1. The lowest BCUT2D eigenvalue weighted by Gasteiger charge is -2.35. The van der Waals surface area contributed by atoms with Crippen LogP contribution in [0.3, 0.4) is 0 Å². The van der Waals surface area contributed by atoms with Crippen molar-refractivity contribution in [3.05, 3.63) is 95.1 Å². The fourth-order valence-electron chi connectivity index (χ4n) is 4.05. The molecule has 0 radical (unpaired) electrons. The highest BCUT2D eigenvalue weighted by Crippen LogP contribution is 2.32. The molecule has 34 heavy (non-hydrogen) atoms. The number of fused-ring (bicyclic) bond motifs is 1. The lowest BCUT2D eigenvalue weighted by atomic mass is 9.85. The molecule has 4 rings (SSSR count). The van der Waals surface area contributed by atoms with Crippen molar-refractivity contribution in [3.8, 4) is 11.5 Å². The molecular formula is C28H28N2O4. The SMILES string of the molecule is COc1cccc(C(=O)Nc2ccc(C(=O)C=C3NC(C)(C)Cc4ccc(OC)cc43)cc2)c1. The minimum atomic E-state index is -0.251. The van der Waals surface area contributed by atoms with Gasteiger partial charge in [-0.25, -0.2) is 0 Å². The molecule has 0 saturated heterocycles. The number of hydrogen-bond acceptors (Lipinski definition) is 5. The highest BCUT2D eigenvalue weighted by Gasteiger charge is 2.28. The molecule has 0 aromatic heterocycles. The van der Waals surface area contributed by atoms with Crippen LogP contribution < -0.4 is 20.1 Å². The molecule has 3 aromatic carbocycles. The van der Waals surface area contributed by atoms with Crippen molar-refractivity contribution in [3.63, 3.8) is 0 Å². The summed E-state index contributed by atoms with van der Waals surface area (Å²) in [5.74, 6) is 0.981. The molecule has 2 N–H and O–H groups in total. The molecule has 0 spiro atoms. The van der Waals surface area contributed by atoms with Crippen LogP contribution in [-0.4, -0.2) is 31.4 Å². The van der Waals surface area contributed by atoms with Gasteiger partial charge in [-0.1, -0.05) is 12.1 Å². The summed E-state index contributed by atoms with van der Waals surface area (Å²) in [6, 6.07) is 19.7. The van der Waals surface area contributed by atoms with Gasteiger partial charge >= 0.3 is 0 Å². The first-order valence-corrected chi connectivity index (χ1v) is 11.0. The Hall–Kier alpha value is -4.06. The number of carbonyl (C=O) groups excluding carboxylic acids is 2. The van der Waals surface area contributed by atoms with Gasteiger partial charge in [-0.15, -0.1) is 0 Å². The number of rotatable bonds is 6. The van der Waals surface area contributed by atoms with E-state index in [9.17, 15) is 9.59 Å². The lowest BCUT2D eigenvalue weighted by Crippen LogP contribution is -2.43. The highest BCUT2D eigenvalue weighted by atomic mass is 16.5. The van der Waals surface area contributed by atoms with E-state index in [0.29, 0.717) is 22.6 Å². The molecule has 174 valence electrons. The summed E-state index contributed by atoms with van der Waals surface area (Å²) in [5, 5.41) is 6.33. The van der Waals surface area contributed by atoms with E-state index in [1.54, 1.807) is 68.8 Å². The first-order chi connectivity index (χ1) is 16.3. The van der Waals surface area contributed by atoms with E-state index < -0.39 is 0 Å². The molecule has 1 aliphatic heterocycles. The zero-order valence-corrected chi connectivity index (χ0v) is 19.8. The molecule has 0 saturated carbocycles. The van der Waals surface area contributed by atoms with Crippen molar-refractivity contribution in [2.24, 2.45) is 0 Å². The molecule has 0 fully saturated rings. The Morgan fingerprint density at radius 1 is 0.912 bits per heavy atom. The zero-order valence-electron chi connectivity index (χ0n) is 19.8. The Kier molecular flexibility index (Phi) is 6.41. The number of benzene rings is 3. The Bertz CT molecular complexity index is 1260. The number of hydrogen-bond donors (Lipinski definition) is 2. The Morgan fingerprint density at radius 2 is 1.62 bits per heavy atom. The predicted molar refractivity (Wildman–Crippen MR) is 134 cm³/mol. The van der Waals surface area contributed by atoms with Crippen LogP contribution in [0.5, 0.6) is 11.5 Å². The minimum absolute atomic E-state index is 0.125. The van der Waals surface area contributed by atoms with Crippen LogP contribution in [0.4, 0.5) is 5.69 Å². The maximum Gasteiger partial charge on any atom is 0.255 e. The van der Waals surface area contributed by atoms with Crippen molar-refractivity contribution in [1.29, 1.82) is 0 Å². The van der Waals surface area contributed by atoms with E-state index in [1.165, 1.54) is 5.56 Å². The summed E-state index contributed by atoms with van der Waals surface area (Å²) in [4.78, 5) is 25.6. The second kappa shape index (κ2) is 9.43.